The van der Waals surface area contributed by atoms with Crippen LogP contribution in [0.15, 0.2) is 47.5 Å². The van der Waals surface area contributed by atoms with Gasteiger partial charge in [-0.3, -0.25) is 0 Å². The van der Waals surface area contributed by atoms with Crippen molar-refractivity contribution in [3.63, 3.8) is 0 Å². The molecule has 0 saturated carbocycles. The summed E-state index contributed by atoms with van der Waals surface area (Å²) in [4.78, 5) is 3.66. The van der Waals surface area contributed by atoms with Crippen molar-refractivity contribution in [1.29, 1.82) is 0 Å². The second-order valence-corrected chi connectivity index (χ2v) is 9.65. The van der Waals surface area contributed by atoms with Gasteiger partial charge in [-0.25, -0.2) is 8.42 Å². The Morgan fingerprint density at radius 2 is 1.85 bits per heavy atom. The molecule has 2 aromatic carbocycles. The van der Waals surface area contributed by atoms with Gasteiger partial charge in [0.2, 0.25) is 10.0 Å². The monoisotopic (exact) mass is 402 g/mol. The third-order valence-corrected chi connectivity index (χ3v) is 8.05. The average Bonchev–Trinajstić information content (AvgIpc) is 3.07. The molecule has 27 heavy (non-hydrogen) atoms. The van der Waals surface area contributed by atoms with Gasteiger partial charge >= 0.3 is 0 Å². The van der Waals surface area contributed by atoms with E-state index in [-0.39, 0.29) is 0 Å². The number of aromatic nitrogens is 1. The van der Waals surface area contributed by atoms with Gasteiger partial charge in [-0.2, -0.15) is 4.31 Å². The highest BCUT2D eigenvalue weighted by Gasteiger charge is 2.31. The normalized spacial score (nSPS) is 16.9. The highest BCUT2D eigenvalue weighted by atomic mass is 35.5. The molecule has 1 aliphatic heterocycles. The first kappa shape index (κ1) is 18.5. The minimum absolute atomic E-state index is 0.316. The van der Waals surface area contributed by atoms with Crippen LogP contribution in [0.5, 0.6) is 0 Å². The Labute approximate surface area is 165 Å². The van der Waals surface area contributed by atoms with Crippen LogP contribution in [0, 0.1) is 13.8 Å². The van der Waals surface area contributed by atoms with Crippen LogP contribution < -0.4 is 0 Å². The van der Waals surface area contributed by atoms with Crippen molar-refractivity contribution in [3.8, 4) is 0 Å². The summed E-state index contributed by atoms with van der Waals surface area (Å²) < 4.78 is 27.7. The van der Waals surface area contributed by atoms with Crippen LogP contribution in [0.3, 0.4) is 0 Å². The minimum atomic E-state index is -3.52. The number of halogens is 1. The molecule has 0 amide bonds. The fourth-order valence-electron chi connectivity index (χ4n) is 4.01. The predicted molar refractivity (Wildman–Crippen MR) is 110 cm³/mol. The summed E-state index contributed by atoms with van der Waals surface area (Å²) in [5.41, 5.74) is 4.29. The van der Waals surface area contributed by atoms with Gasteiger partial charge in [0.1, 0.15) is 0 Å². The van der Waals surface area contributed by atoms with Crippen LogP contribution in [0.2, 0.25) is 5.02 Å². The van der Waals surface area contributed by atoms with E-state index in [0.717, 1.165) is 18.4 Å². The van der Waals surface area contributed by atoms with Gasteiger partial charge in [-0.1, -0.05) is 29.3 Å². The molecule has 4 rings (SSSR count). The molecule has 1 fully saturated rings. The van der Waals surface area contributed by atoms with E-state index in [1.54, 1.807) is 29.4 Å². The Hall–Kier alpha value is -1.82. The number of aryl methyl sites for hydroxylation is 1. The molecule has 142 valence electrons. The van der Waals surface area contributed by atoms with Crippen molar-refractivity contribution in [1.82, 2.24) is 9.29 Å². The zero-order valence-corrected chi connectivity index (χ0v) is 17.1. The fourth-order valence-corrected chi connectivity index (χ4v) is 5.95. The van der Waals surface area contributed by atoms with Crippen LogP contribution >= 0.6 is 11.6 Å². The molecule has 1 aliphatic rings. The van der Waals surface area contributed by atoms with Crippen molar-refractivity contribution in [2.75, 3.05) is 13.1 Å². The fraction of sp³-hybridized carbons (Fsp3) is 0.333. The van der Waals surface area contributed by atoms with Gasteiger partial charge < -0.3 is 4.98 Å². The van der Waals surface area contributed by atoms with Gasteiger partial charge in [-0.15, -0.1) is 0 Å². The van der Waals surface area contributed by atoms with Gasteiger partial charge in [0.05, 0.1) is 4.90 Å². The van der Waals surface area contributed by atoms with Crippen molar-refractivity contribution < 1.29 is 8.42 Å². The molecule has 0 unspecified atom stereocenters. The number of H-pyrrole nitrogens is 1. The zero-order valence-electron chi connectivity index (χ0n) is 15.5. The smallest absolute Gasteiger partial charge is 0.243 e. The molecule has 1 aromatic heterocycles. The van der Waals surface area contributed by atoms with E-state index < -0.39 is 10.0 Å². The number of nitrogens with zero attached hydrogens (tertiary/aromatic N) is 1. The summed E-state index contributed by atoms with van der Waals surface area (Å²) in [6.45, 7) is 4.91. The lowest BCUT2D eigenvalue weighted by Crippen LogP contribution is -2.38. The SMILES string of the molecule is Cc1ccc2[nH]cc(C3CCN(S(=O)(=O)c4cccc(Cl)c4C)CC3)c2c1. The summed E-state index contributed by atoms with van der Waals surface area (Å²) in [6.07, 6.45) is 3.72. The maximum Gasteiger partial charge on any atom is 0.243 e. The lowest BCUT2D eigenvalue weighted by Gasteiger charge is -2.31. The number of fused-ring (bicyclic) bond motifs is 1. The lowest BCUT2D eigenvalue weighted by molar-refractivity contribution is 0.320. The molecule has 1 N–H and O–H groups in total. The Bertz CT molecular complexity index is 1100. The second-order valence-electron chi connectivity index (χ2n) is 7.33. The number of sulfonamides is 1. The summed E-state index contributed by atoms with van der Waals surface area (Å²) in [6, 6.07) is 11.5. The van der Waals surface area contributed by atoms with Crippen molar-refractivity contribution in [2.24, 2.45) is 0 Å². The number of aromatic amines is 1. The first-order valence-electron chi connectivity index (χ1n) is 9.21. The van der Waals surface area contributed by atoms with E-state index in [9.17, 15) is 8.42 Å². The molecule has 0 atom stereocenters. The number of hydrogen-bond donors (Lipinski definition) is 1. The number of rotatable bonds is 3. The van der Waals surface area contributed by atoms with Gasteiger partial charge in [0.25, 0.3) is 0 Å². The van der Waals surface area contributed by atoms with Gasteiger partial charge in [-0.05, 0) is 68.0 Å². The van der Waals surface area contributed by atoms with Crippen LogP contribution in [0.4, 0.5) is 0 Å². The summed E-state index contributed by atoms with van der Waals surface area (Å²) in [5, 5.41) is 1.74. The van der Waals surface area contributed by atoms with Crippen molar-refractivity contribution in [3.05, 3.63) is 64.3 Å². The first-order valence-corrected chi connectivity index (χ1v) is 11.0. The molecular formula is C21H23ClN2O2S. The highest BCUT2D eigenvalue weighted by Crippen LogP contribution is 2.35. The number of nitrogens with one attached hydrogen (secondary N) is 1. The summed E-state index contributed by atoms with van der Waals surface area (Å²) >= 11 is 6.13. The third-order valence-electron chi connectivity index (χ3n) is 5.60. The van der Waals surface area contributed by atoms with E-state index in [1.165, 1.54) is 16.5 Å². The quantitative estimate of drug-likeness (QED) is 0.669. The van der Waals surface area contributed by atoms with E-state index in [4.69, 9.17) is 11.6 Å². The summed E-state index contributed by atoms with van der Waals surface area (Å²) in [7, 11) is -3.52. The van der Waals surface area contributed by atoms with E-state index in [1.807, 2.05) is 0 Å². The van der Waals surface area contributed by atoms with Crippen LogP contribution in [-0.4, -0.2) is 30.8 Å². The van der Waals surface area contributed by atoms with Gasteiger partial charge in [0.15, 0.2) is 0 Å². The molecule has 6 heteroatoms. The Balaban J connectivity index is 1.56. The minimum Gasteiger partial charge on any atom is -0.361 e. The van der Waals surface area contributed by atoms with E-state index >= 15 is 0 Å². The Morgan fingerprint density at radius 3 is 2.59 bits per heavy atom. The summed E-state index contributed by atoms with van der Waals surface area (Å²) in [5.74, 6) is 0.368. The number of benzene rings is 2. The zero-order chi connectivity index (χ0) is 19.2. The first-order chi connectivity index (χ1) is 12.9. The topological polar surface area (TPSA) is 53.2 Å². The molecule has 3 aromatic rings. The number of piperidine rings is 1. The third kappa shape index (κ3) is 3.28. The molecule has 0 radical (unpaired) electrons. The van der Waals surface area contributed by atoms with Crippen LogP contribution in [-0.2, 0) is 10.0 Å². The molecule has 1 saturated heterocycles. The maximum absolute atomic E-state index is 13.1. The van der Waals surface area contributed by atoms with E-state index in [0.29, 0.717) is 34.5 Å². The molecule has 0 bridgehead atoms. The van der Waals surface area contributed by atoms with Crippen molar-refractivity contribution in [2.45, 2.75) is 37.5 Å². The molecular weight excluding hydrogens is 380 g/mol. The average molecular weight is 403 g/mol. The lowest BCUT2D eigenvalue weighted by atomic mass is 9.90. The molecule has 4 nitrogen and oxygen atoms in total. The Kier molecular flexibility index (Phi) is 4.78. The maximum atomic E-state index is 13.1. The number of hydrogen-bond acceptors (Lipinski definition) is 2. The standard InChI is InChI=1S/C21H23ClN2O2S/c1-14-6-7-20-17(12-14)18(13-23-20)16-8-10-24(11-9-16)27(25,26)21-5-3-4-19(22)15(21)2/h3-7,12-13,16,23H,8-11H2,1-2H3. The second kappa shape index (κ2) is 6.97. The van der Waals surface area contributed by atoms with E-state index in [2.05, 4.69) is 36.3 Å². The predicted octanol–water partition coefficient (Wildman–Crippen LogP) is 5.01. The molecule has 2 heterocycles. The molecule has 0 spiro atoms. The van der Waals surface area contributed by atoms with Crippen molar-refractivity contribution >= 4 is 32.5 Å². The Morgan fingerprint density at radius 1 is 1.11 bits per heavy atom. The van der Waals surface area contributed by atoms with Gasteiger partial charge in [0, 0.05) is 35.2 Å². The largest absolute Gasteiger partial charge is 0.361 e. The van der Waals surface area contributed by atoms with Crippen LogP contribution in [0.1, 0.15) is 35.4 Å². The molecule has 0 aliphatic carbocycles. The highest BCUT2D eigenvalue weighted by molar-refractivity contribution is 7.89. The van der Waals surface area contributed by atoms with Crippen LogP contribution in [0.25, 0.3) is 10.9 Å².